The van der Waals surface area contributed by atoms with Gasteiger partial charge >= 0.3 is 0 Å². The van der Waals surface area contributed by atoms with E-state index in [9.17, 15) is 8.42 Å². The molecular formula is C27H36N6O3S. The molecule has 37 heavy (non-hydrogen) atoms. The van der Waals surface area contributed by atoms with Gasteiger partial charge in [0.15, 0.2) is 0 Å². The topological polar surface area (TPSA) is 108 Å². The van der Waals surface area contributed by atoms with Gasteiger partial charge in [-0.25, -0.2) is 18.1 Å². The molecule has 0 amide bonds. The quantitative estimate of drug-likeness (QED) is 0.337. The van der Waals surface area contributed by atoms with Crippen LogP contribution in [0.25, 0.3) is 0 Å². The summed E-state index contributed by atoms with van der Waals surface area (Å²) in [6.45, 7) is -13.0. The first-order chi connectivity index (χ1) is 23.2. The number of nitrogens with one attached hydrogen (secondary N) is 3. The Morgan fingerprint density at radius 2 is 1.92 bits per heavy atom. The van der Waals surface area contributed by atoms with E-state index < -0.39 is 71.6 Å². The molecule has 3 aromatic rings. The third-order valence-electron chi connectivity index (χ3n) is 5.06. The van der Waals surface area contributed by atoms with Crippen LogP contribution < -0.4 is 20.1 Å². The summed E-state index contributed by atoms with van der Waals surface area (Å²) in [6, 6.07) is 10.2. The Hall–Kier alpha value is -3.21. The minimum absolute atomic E-state index is 0.0122. The highest BCUT2D eigenvalue weighted by atomic mass is 32.2. The zero-order valence-corrected chi connectivity index (χ0v) is 20.7. The molecule has 0 unspecified atom stereocenters. The molecule has 2 heterocycles. The standard InChI is InChI=1S/C27H36N6O3S/c1-20-19-28-26(30-21-10-12-23(13-11-21)36-17-16-33-14-5-6-15-33)31-25(20)29-22-8-7-9-24(18-22)37(34,35)32-27(2,3)4/h7-13,18-19,32H,5-6,14-17H2,1-4H3,(H2,28,29,30,31)/i1D3,2D3,3D3,16D2,17D2,19D. The number of benzene rings is 2. The van der Waals surface area contributed by atoms with Gasteiger partial charge in [-0.15, -0.1) is 0 Å². The average Bonchev–Trinajstić information content (AvgIpc) is 3.52. The second-order valence-electron chi connectivity index (χ2n) is 8.43. The lowest BCUT2D eigenvalue weighted by molar-refractivity contribution is 0.238. The van der Waals surface area contributed by atoms with E-state index in [2.05, 4.69) is 20.6 Å². The van der Waals surface area contributed by atoms with Crippen molar-refractivity contribution < 1.29 is 32.3 Å². The number of rotatable bonds is 10. The number of ether oxygens (including phenoxy) is 1. The predicted molar refractivity (Wildman–Crippen MR) is 147 cm³/mol. The summed E-state index contributed by atoms with van der Waals surface area (Å²) >= 11 is 0. The van der Waals surface area contributed by atoms with Gasteiger partial charge in [0, 0.05) is 50.2 Å². The molecule has 10 heteroatoms. The summed E-state index contributed by atoms with van der Waals surface area (Å²) in [5, 5.41) is 5.46. The van der Waals surface area contributed by atoms with Crippen LogP contribution in [-0.2, 0) is 10.0 Å². The van der Waals surface area contributed by atoms with E-state index >= 15 is 0 Å². The first-order valence-corrected chi connectivity index (χ1v) is 12.8. The molecule has 1 aromatic heterocycles. The lowest BCUT2D eigenvalue weighted by Crippen LogP contribution is -2.40. The highest BCUT2D eigenvalue weighted by Gasteiger charge is 2.22. The largest absolute Gasteiger partial charge is 0.492 e. The predicted octanol–water partition coefficient (Wildman–Crippen LogP) is 4.82. The average molecular weight is 539 g/mol. The fraction of sp³-hybridized carbons (Fsp3) is 0.407. The molecule has 2 aromatic carbocycles. The van der Waals surface area contributed by atoms with Gasteiger partial charge in [-0.05, 0) is 95.9 Å². The Morgan fingerprint density at radius 3 is 2.65 bits per heavy atom. The molecule has 0 saturated carbocycles. The molecule has 0 bridgehead atoms. The molecule has 1 saturated heterocycles. The van der Waals surface area contributed by atoms with Gasteiger partial charge in [0.2, 0.25) is 16.0 Å². The first-order valence-electron chi connectivity index (χ1n) is 18.3. The molecule has 4 rings (SSSR count). The van der Waals surface area contributed by atoms with Crippen molar-refractivity contribution in [1.29, 1.82) is 0 Å². The Balaban J connectivity index is 1.60. The smallest absolute Gasteiger partial charge is 0.241 e. The first kappa shape index (κ1) is 14.1. The van der Waals surface area contributed by atoms with E-state index in [1.807, 2.05) is 0 Å². The summed E-state index contributed by atoms with van der Waals surface area (Å²) in [6.07, 6.45) is 0.789. The Kier molecular flexibility index (Phi) is 4.36. The Bertz CT molecular complexity index is 1810. The van der Waals surface area contributed by atoms with Crippen LogP contribution in [-0.4, -0.2) is 55.0 Å². The maximum absolute atomic E-state index is 13.2. The minimum atomic E-state index is -4.78. The number of nitrogens with zero attached hydrogens (tertiary/aromatic N) is 3. The van der Waals surface area contributed by atoms with Crippen molar-refractivity contribution in [2.24, 2.45) is 0 Å². The molecular weight excluding hydrogens is 488 g/mol. The third kappa shape index (κ3) is 7.88. The number of likely N-dealkylation sites (tertiary alicyclic amines) is 1. The van der Waals surface area contributed by atoms with Gasteiger partial charge in [-0.3, -0.25) is 4.90 Å². The van der Waals surface area contributed by atoms with Crippen LogP contribution in [0.1, 0.15) is 58.2 Å². The monoisotopic (exact) mass is 538 g/mol. The van der Waals surface area contributed by atoms with Crippen molar-refractivity contribution in [3.8, 4) is 5.75 Å². The van der Waals surface area contributed by atoms with Crippen molar-refractivity contribution in [2.75, 3.05) is 36.8 Å². The van der Waals surface area contributed by atoms with Gasteiger partial charge in [0.25, 0.3) is 0 Å². The van der Waals surface area contributed by atoms with E-state index in [0.29, 0.717) is 18.8 Å². The van der Waals surface area contributed by atoms with Gasteiger partial charge < -0.3 is 15.4 Å². The molecule has 1 aliphatic rings. The highest BCUT2D eigenvalue weighted by molar-refractivity contribution is 7.89. The fourth-order valence-electron chi connectivity index (χ4n) is 3.41. The van der Waals surface area contributed by atoms with Gasteiger partial charge in [0.1, 0.15) is 18.1 Å². The summed E-state index contributed by atoms with van der Waals surface area (Å²) in [4.78, 5) is 8.95. The van der Waals surface area contributed by atoms with Crippen LogP contribution in [0.5, 0.6) is 5.75 Å². The number of aromatic nitrogens is 2. The van der Waals surface area contributed by atoms with E-state index in [0.717, 1.165) is 31.9 Å². The molecule has 0 atom stereocenters. The van der Waals surface area contributed by atoms with Crippen LogP contribution in [0, 0.1) is 6.85 Å². The zero-order valence-electron chi connectivity index (χ0n) is 33.9. The summed E-state index contributed by atoms with van der Waals surface area (Å²) in [5.41, 5.74) is -3.25. The Labute approximate surface area is 239 Å². The second kappa shape index (κ2) is 11.5. The molecule has 198 valence electrons. The van der Waals surface area contributed by atoms with Crippen LogP contribution in [0.2, 0.25) is 0 Å². The van der Waals surface area contributed by atoms with E-state index in [1.165, 1.54) is 41.3 Å². The van der Waals surface area contributed by atoms with Crippen molar-refractivity contribution >= 4 is 33.2 Å². The molecule has 1 fully saturated rings. The van der Waals surface area contributed by atoms with Crippen molar-refractivity contribution in [2.45, 2.75) is 50.8 Å². The lowest BCUT2D eigenvalue weighted by atomic mass is 10.1. The van der Waals surface area contributed by atoms with Crippen LogP contribution >= 0.6 is 0 Å². The number of anilines is 4. The van der Waals surface area contributed by atoms with Gasteiger partial charge in [0.05, 0.1) is 9.01 Å². The van der Waals surface area contributed by atoms with Crippen LogP contribution in [0.3, 0.4) is 0 Å². The molecule has 0 spiro atoms. The molecule has 0 radical (unpaired) electrons. The van der Waals surface area contributed by atoms with Crippen molar-refractivity contribution in [3.05, 3.63) is 60.3 Å². The minimum Gasteiger partial charge on any atom is -0.492 e. The number of sulfonamides is 1. The lowest BCUT2D eigenvalue weighted by Gasteiger charge is -2.20. The summed E-state index contributed by atoms with van der Waals surface area (Å²) in [5.74, 6) is -0.660. The maximum Gasteiger partial charge on any atom is 0.241 e. The SMILES string of the molecule is [2H]c1nc(Nc2ccc(OC([2H])([2H])C([2H])([2H])N3CCCC3)cc2)nc(Nc2cccc(S(=O)(=O)NC(C)(C([2H])([2H])[2H])C([2H])([2H])[2H])c2)c1C([2H])([2H])[2H]. The molecule has 0 aliphatic carbocycles. The summed E-state index contributed by atoms with van der Waals surface area (Å²) in [7, 11) is -4.78. The normalized spacial score (nSPS) is 21.9. The Morgan fingerprint density at radius 1 is 1.14 bits per heavy atom. The molecule has 3 N–H and O–H groups in total. The van der Waals surface area contributed by atoms with E-state index in [-0.39, 0.29) is 17.4 Å². The summed E-state index contributed by atoms with van der Waals surface area (Å²) < 4.78 is 145. The fourth-order valence-corrected chi connectivity index (χ4v) is 4.61. The molecule has 1 aliphatic heterocycles. The zero-order chi connectivity index (χ0) is 38.4. The van der Waals surface area contributed by atoms with Crippen molar-refractivity contribution in [1.82, 2.24) is 19.6 Å². The number of hydrogen-bond donors (Lipinski definition) is 3. The van der Waals surface area contributed by atoms with E-state index in [4.69, 9.17) is 23.9 Å². The van der Waals surface area contributed by atoms with E-state index in [1.54, 1.807) is 4.72 Å². The number of hydrogen-bond acceptors (Lipinski definition) is 8. The highest BCUT2D eigenvalue weighted by Crippen LogP contribution is 2.24. The van der Waals surface area contributed by atoms with Crippen LogP contribution in [0.4, 0.5) is 23.1 Å². The van der Waals surface area contributed by atoms with Crippen molar-refractivity contribution in [3.63, 3.8) is 0 Å². The maximum atomic E-state index is 13.2. The molecule has 9 nitrogen and oxygen atoms in total. The van der Waals surface area contributed by atoms with Gasteiger partial charge in [-0.1, -0.05) is 6.07 Å². The van der Waals surface area contributed by atoms with Crippen LogP contribution in [0.15, 0.2) is 59.6 Å². The second-order valence-corrected chi connectivity index (χ2v) is 10.1. The van der Waals surface area contributed by atoms with Gasteiger partial charge in [-0.2, -0.15) is 4.98 Å². The third-order valence-corrected chi connectivity index (χ3v) is 6.61.